The lowest BCUT2D eigenvalue weighted by Gasteiger charge is -2.35. The van der Waals surface area contributed by atoms with Crippen LogP contribution in [0, 0.1) is 6.92 Å². The van der Waals surface area contributed by atoms with Crippen LogP contribution in [0.5, 0.6) is 11.5 Å². The first kappa shape index (κ1) is 23.1. The summed E-state index contributed by atoms with van der Waals surface area (Å²) in [5, 5.41) is 3.16. The van der Waals surface area contributed by atoms with Gasteiger partial charge < -0.3 is 28.5 Å². The standard InChI is InChI=1S/C27H30N2O6/c1-18-13-14-23(34-18)25(26(30)28-19-8-3-2-4-9-19)29(16-20-10-7-15-32-20)27(31)24-17-33-21-11-5-6-12-22(21)35-24/h5-7,10-15,19,24-25H,2-4,8-9,16-17H2,1H3,(H,28,30)/t24-,25-/m0/s1. The lowest BCUT2D eigenvalue weighted by molar-refractivity contribution is -0.150. The molecule has 2 aliphatic rings. The van der Waals surface area contributed by atoms with E-state index in [0.29, 0.717) is 28.8 Å². The zero-order valence-electron chi connectivity index (χ0n) is 19.8. The average molecular weight is 479 g/mol. The zero-order chi connectivity index (χ0) is 24.2. The van der Waals surface area contributed by atoms with Crippen molar-refractivity contribution in [3.63, 3.8) is 0 Å². The summed E-state index contributed by atoms with van der Waals surface area (Å²) in [6.45, 7) is 1.93. The predicted octanol–water partition coefficient (Wildman–Crippen LogP) is 4.54. The molecule has 3 heterocycles. The zero-order valence-corrected chi connectivity index (χ0v) is 19.8. The summed E-state index contributed by atoms with van der Waals surface area (Å²) in [6.07, 6.45) is 5.82. The van der Waals surface area contributed by atoms with Crippen LogP contribution in [0.1, 0.15) is 55.4 Å². The van der Waals surface area contributed by atoms with E-state index in [2.05, 4.69) is 5.32 Å². The van der Waals surface area contributed by atoms with E-state index in [1.165, 1.54) is 11.3 Å². The fourth-order valence-corrected chi connectivity index (χ4v) is 4.74. The lowest BCUT2D eigenvalue weighted by atomic mass is 9.95. The predicted molar refractivity (Wildman–Crippen MR) is 127 cm³/mol. The van der Waals surface area contributed by atoms with Crippen molar-refractivity contribution >= 4 is 11.8 Å². The van der Waals surface area contributed by atoms with E-state index in [1.54, 1.807) is 42.7 Å². The summed E-state index contributed by atoms with van der Waals surface area (Å²) in [6, 6.07) is 13.4. The van der Waals surface area contributed by atoms with Crippen molar-refractivity contribution in [2.45, 2.75) is 63.8 Å². The van der Waals surface area contributed by atoms with Gasteiger partial charge >= 0.3 is 0 Å². The van der Waals surface area contributed by atoms with E-state index in [1.807, 2.05) is 19.1 Å². The maximum atomic E-state index is 13.9. The number of furan rings is 2. The maximum Gasteiger partial charge on any atom is 0.268 e. The molecule has 1 aliphatic heterocycles. The molecule has 1 saturated carbocycles. The Labute approximate surface area is 204 Å². The SMILES string of the molecule is Cc1ccc([C@@H](C(=O)NC2CCCCC2)N(Cc2ccco2)C(=O)[C@@H]2COc3ccccc3O2)o1. The van der Waals surface area contributed by atoms with Crippen LogP contribution >= 0.6 is 0 Å². The summed E-state index contributed by atoms with van der Waals surface area (Å²) in [5.41, 5.74) is 0. The molecule has 5 rings (SSSR count). The number of fused-ring (bicyclic) bond motifs is 1. The Balaban J connectivity index is 1.46. The second-order valence-corrected chi connectivity index (χ2v) is 9.10. The summed E-state index contributed by atoms with van der Waals surface area (Å²) in [7, 11) is 0. The number of aryl methyl sites for hydroxylation is 1. The fraction of sp³-hybridized carbons (Fsp3) is 0.407. The number of carbonyl (C=O) groups is 2. The third kappa shape index (κ3) is 5.21. The molecule has 35 heavy (non-hydrogen) atoms. The van der Waals surface area contributed by atoms with Gasteiger partial charge in [-0.1, -0.05) is 31.4 Å². The minimum atomic E-state index is -0.982. The van der Waals surface area contributed by atoms with Crippen molar-refractivity contribution in [3.05, 3.63) is 72.1 Å². The van der Waals surface area contributed by atoms with Gasteiger partial charge in [0, 0.05) is 6.04 Å². The molecule has 1 N–H and O–H groups in total. The van der Waals surface area contributed by atoms with Gasteiger partial charge in [0.1, 0.15) is 23.9 Å². The molecule has 8 nitrogen and oxygen atoms in total. The normalized spacial score (nSPS) is 18.6. The molecule has 2 atom stereocenters. The number of carbonyl (C=O) groups excluding carboxylic acids is 2. The molecule has 8 heteroatoms. The molecule has 1 aliphatic carbocycles. The third-order valence-corrected chi connectivity index (χ3v) is 6.52. The number of amides is 2. The van der Waals surface area contributed by atoms with Crippen molar-refractivity contribution in [1.29, 1.82) is 0 Å². The molecular weight excluding hydrogens is 448 g/mol. The van der Waals surface area contributed by atoms with E-state index < -0.39 is 12.1 Å². The number of benzene rings is 1. The largest absolute Gasteiger partial charge is 0.485 e. The highest BCUT2D eigenvalue weighted by atomic mass is 16.6. The minimum Gasteiger partial charge on any atom is -0.485 e. The number of nitrogens with one attached hydrogen (secondary N) is 1. The molecule has 0 unspecified atom stereocenters. The summed E-state index contributed by atoms with van der Waals surface area (Å²) < 4.78 is 23.2. The van der Waals surface area contributed by atoms with Gasteiger partial charge in [-0.3, -0.25) is 9.59 Å². The number of ether oxygens (including phenoxy) is 2. The van der Waals surface area contributed by atoms with Gasteiger partial charge in [0.25, 0.3) is 11.8 Å². The van der Waals surface area contributed by atoms with Gasteiger partial charge in [-0.2, -0.15) is 0 Å². The molecule has 2 aromatic heterocycles. The van der Waals surface area contributed by atoms with Gasteiger partial charge in [0.05, 0.1) is 12.8 Å². The van der Waals surface area contributed by atoms with Crippen LogP contribution in [0.3, 0.4) is 0 Å². The Hall–Kier alpha value is -3.68. The van der Waals surface area contributed by atoms with E-state index in [0.717, 1.165) is 25.7 Å². The van der Waals surface area contributed by atoms with Crippen LogP contribution in [-0.4, -0.2) is 35.5 Å². The van der Waals surface area contributed by atoms with Crippen LogP contribution in [0.2, 0.25) is 0 Å². The third-order valence-electron chi connectivity index (χ3n) is 6.52. The molecule has 0 saturated heterocycles. The number of para-hydroxylation sites is 2. The van der Waals surface area contributed by atoms with E-state index in [-0.39, 0.29) is 31.0 Å². The van der Waals surface area contributed by atoms with Crippen LogP contribution in [0.25, 0.3) is 0 Å². The van der Waals surface area contributed by atoms with Gasteiger partial charge in [-0.15, -0.1) is 0 Å². The Morgan fingerprint density at radius 1 is 1.03 bits per heavy atom. The molecule has 1 aromatic carbocycles. The number of rotatable bonds is 7. The smallest absolute Gasteiger partial charge is 0.268 e. The highest BCUT2D eigenvalue weighted by Crippen LogP contribution is 2.33. The molecule has 0 spiro atoms. The number of nitrogens with zero attached hydrogens (tertiary/aromatic N) is 1. The molecule has 1 fully saturated rings. The van der Waals surface area contributed by atoms with Crippen LogP contribution in [-0.2, 0) is 16.1 Å². The maximum absolute atomic E-state index is 13.9. The first-order valence-electron chi connectivity index (χ1n) is 12.2. The summed E-state index contributed by atoms with van der Waals surface area (Å²) in [5.74, 6) is 2.03. The molecule has 0 bridgehead atoms. The number of hydrogen-bond donors (Lipinski definition) is 1. The molecule has 2 amide bonds. The number of hydrogen-bond acceptors (Lipinski definition) is 6. The van der Waals surface area contributed by atoms with Crippen LogP contribution in [0.4, 0.5) is 0 Å². The van der Waals surface area contributed by atoms with E-state index >= 15 is 0 Å². The Kier molecular flexibility index (Phi) is 6.79. The highest BCUT2D eigenvalue weighted by molar-refractivity contribution is 5.90. The van der Waals surface area contributed by atoms with Crippen molar-refractivity contribution in [3.8, 4) is 11.5 Å². The van der Waals surface area contributed by atoms with Crippen molar-refractivity contribution < 1.29 is 27.9 Å². The average Bonchev–Trinajstić information content (AvgIpc) is 3.55. The summed E-state index contributed by atoms with van der Waals surface area (Å²) >= 11 is 0. The second-order valence-electron chi connectivity index (χ2n) is 9.10. The summed E-state index contributed by atoms with van der Waals surface area (Å²) in [4.78, 5) is 29.1. The first-order chi connectivity index (χ1) is 17.1. The Morgan fingerprint density at radius 3 is 2.54 bits per heavy atom. The van der Waals surface area contributed by atoms with Crippen molar-refractivity contribution in [2.24, 2.45) is 0 Å². The molecular formula is C27H30N2O6. The topological polar surface area (TPSA) is 94.2 Å². The monoisotopic (exact) mass is 478 g/mol. The van der Waals surface area contributed by atoms with Gasteiger partial charge in [-0.25, -0.2) is 0 Å². The molecule has 0 radical (unpaired) electrons. The van der Waals surface area contributed by atoms with Crippen molar-refractivity contribution in [1.82, 2.24) is 10.2 Å². The second kappa shape index (κ2) is 10.3. The lowest BCUT2D eigenvalue weighted by Crippen LogP contribution is -2.52. The van der Waals surface area contributed by atoms with E-state index in [9.17, 15) is 9.59 Å². The highest BCUT2D eigenvalue weighted by Gasteiger charge is 2.40. The van der Waals surface area contributed by atoms with Crippen LogP contribution in [0.15, 0.2) is 63.6 Å². The Bertz CT molecular complexity index is 1150. The minimum absolute atomic E-state index is 0.0403. The first-order valence-corrected chi connectivity index (χ1v) is 12.2. The quantitative estimate of drug-likeness (QED) is 0.536. The van der Waals surface area contributed by atoms with Gasteiger partial charge in [0.15, 0.2) is 17.5 Å². The Morgan fingerprint density at radius 2 is 1.83 bits per heavy atom. The molecule has 184 valence electrons. The molecule has 3 aromatic rings. The van der Waals surface area contributed by atoms with Crippen LogP contribution < -0.4 is 14.8 Å². The van der Waals surface area contributed by atoms with Crippen molar-refractivity contribution in [2.75, 3.05) is 6.61 Å². The van der Waals surface area contributed by atoms with E-state index in [4.69, 9.17) is 18.3 Å². The fourth-order valence-electron chi connectivity index (χ4n) is 4.74. The van der Waals surface area contributed by atoms with Gasteiger partial charge in [-0.05, 0) is 56.2 Å². The van der Waals surface area contributed by atoms with Gasteiger partial charge in [0.2, 0.25) is 6.10 Å².